The Morgan fingerprint density at radius 3 is 2.59 bits per heavy atom. The number of nitrogens with two attached hydrogens (primary N) is 1. The van der Waals surface area contributed by atoms with Crippen molar-refractivity contribution in [3.8, 4) is 6.07 Å². The molecule has 1 aromatic heterocycles. The van der Waals surface area contributed by atoms with Crippen LogP contribution in [0.2, 0.25) is 0 Å². The maximum atomic E-state index is 8.90. The number of azo groups is 1. The van der Waals surface area contributed by atoms with Crippen molar-refractivity contribution in [3.63, 3.8) is 0 Å². The number of benzene rings is 1. The fourth-order valence-corrected chi connectivity index (χ4v) is 2.08. The molecule has 2 N–H and O–H groups in total. The lowest BCUT2D eigenvalue weighted by molar-refractivity contribution is 1.25. The highest BCUT2D eigenvalue weighted by molar-refractivity contribution is 7.16. The van der Waals surface area contributed by atoms with Crippen LogP contribution in [-0.2, 0) is 0 Å². The standard InChI is InChI=1S/C12H10N4S/c1-8-6-9(7-13)12(17-8)16-15-11-4-2-10(14)3-5-11/h2-6H,14H2,1H3. The molecule has 0 fully saturated rings. The van der Waals surface area contributed by atoms with Gasteiger partial charge in [-0.25, -0.2) is 0 Å². The number of rotatable bonds is 2. The average molecular weight is 242 g/mol. The summed E-state index contributed by atoms with van der Waals surface area (Å²) in [6.07, 6.45) is 0. The average Bonchev–Trinajstić information content (AvgIpc) is 2.69. The van der Waals surface area contributed by atoms with Crippen molar-refractivity contribution in [3.05, 3.63) is 40.8 Å². The SMILES string of the molecule is Cc1cc(C#N)c(N=Nc2ccc(N)cc2)s1. The summed E-state index contributed by atoms with van der Waals surface area (Å²) in [7, 11) is 0. The summed E-state index contributed by atoms with van der Waals surface area (Å²) in [6, 6.07) is 11.0. The number of nitrogens with zero attached hydrogens (tertiary/aromatic N) is 3. The molecular weight excluding hydrogens is 232 g/mol. The van der Waals surface area contributed by atoms with Gasteiger partial charge in [-0.15, -0.1) is 21.6 Å². The van der Waals surface area contributed by atoms with Gasteiger partial charge in [0.15, 0.2) is 5.00 Å². The Kier molecular flexibility index (Phi) is 3.17. The zero-order valence-corrected chi connectivity index (χ0v) is 10.0. The molecule has 4 nitrogen and oxygen atoms in total. The summed E-state index contributed by atoms with van der Waals surface area (Å²) in [4.78, 5) is 1.05. The van der Waals surface area contributed by atoms with Gasteiger partial charge in [0.25, 0.3) is 0 Å². The normalized spacial score (nSPS) is 10.6. The lowest BCUT2D eigenvalue weighted by Crippen LogP contribution is -1.80. The van der Waals surface area contributed by atoms with Crippen molar-refractivity contribution in [2.75, 3.05) is 5.73 Å². The zero-order chi connectivity index (χ0) is 12.3. The lowest BCUT2D eigenvalue weighted by atomic mass is 10.3. The van der Waals surface area contributed by atoms with Crippen LogP contribution in [0.1, 0.15) is 10.4 Å². The first-order chi connectivity index (χ1) is 8.19. The molecule has 0 spiro atoms. The summed E-state index contributed by atoms with van der Waals surface area (Å²) in [5, 5.41) is 17.7. The van der Waals surface area contributed by atoms with E-state index in [9.17, 15) is 0 Å². The molecule has 2 rings (SSSR count). The molecule has 0 unspecified atom stereocenters. The maximum absolute atomic E-state index is 8.90. The predicted octanol–water partition coefficient (Wildman–Crippen LogP) is 3.93. The van der Waals surface area contributed by atoms with Crippen LogP contribution in [0, 0.1) is 18.3 Å². The largest absolute Gasteiger partial charge is 0.399 e. The third-order valence-corrected chi connectivity index (χ3v) is 3.04. The fourth-order valence-electron chi connectivity index (χ4n) is 1.30. The third-order valence-electron chi connectivity index (χ3n) is 2.11. The molecule has 0 aliphatic rings. The molecule has 17 heavy (non-hydrogen) atoms. The van der Waals surface area contributed by atoms with E-state index in [0.29, 0.717) is 21.9 Å². The Morgan fingerprint density at radius 2 is 1.94 bits per heavy atom. The minimum absolute atomic E-state index is 0.562. The van der Waals surface area contributed by atoms with E-state index < -0.39 is 0 Å². The minimum atomic E-state index is 0.562. The van der Waals surface area contributed by atoms with Gasteiger partial charge in [-0.05, 0) is 37.3 Å². The second kappa shape index (κ2) is 4.76. The first-order valence-electron chi connectivity index (χ1n) is 4.97. The number of nitrogen functional groups attached to an aromatic ring is 1. The highest BCUT2D eigenvalue weighted by atomic mass is 32.1. The van der Waals surface area contributed by atoms with Crippen molar-refractivity contribution in [2.45, 2.75) is 6.92 Å². The fraction of sp³-hybridized carbons (Fsp3) is 0.0833. The molecule has 5 heteroatoms. The summed E-state index contributed by atoms with van der Waals surface area (Å²) in [5.74, 6) is 0. The van der Waals surface area contributed by atoms with Crippen LogP contribution in [0.4, 0.5) is 16.4 Å². The van der Waals surface area contributed by atoms with Crippen LogP contribution < -0.4 is 5.73 Å². The summed E-state index contributed by atoms with van der Waals surface area (Å²) in [5.41, 5.74) is 7.54. The molecule has 0 saturated heterocycles. The van der Waals surface area contributed by atoms with Gasteiger partial charge in [0.2, 0.25) is 0 Å². The van der Waals surface area contributed by atoms with E-state index in [4.69, 9.17) is 11.0 Å². The Bertz CT molecular complexity index is 590. The van der Waals surface area contributed by atoms with Crippen molar-refractivity contribution in [1.29, 1.82) is 5.26 Å². The second-order valence-corrected chi connectivity index (χ2v) is 4.71. The van der Waals surface area contributed by atoms with Crippen LogP contribution >= 0.6 is 11.3 Å². The molecule has 1 heterocycles. The van der Waals surface area contributed by atoms with Gasteiger partial charge < -0.3 is 5.73 Å². The van der Waals surface area contributed by atoms with Crippen LogP contribution in [0.25, 0.3) is 0 Å². The van der Waals surface area contributed by atoms with Gasteiger partial charge in [-0.3, -0.25) is 0 Å². The van der Waals surface area contributed by atoms with Gasteiger partial charge >= 0.3 is 0 Å². The summed E-state index contributed by atoms with van der Waals surface area (Å²) >= 11 is 1.45. The van der Waals surface area contributed by atoms with E-state index in [1.807, 2.05) is 13.0 Å². The topological polar surface area (TPSA) is 74.5 Å². The minimum Gasteiger partial charge on any atom is -0.399 e. The molecular formula is C12H10N4S. The van der Waals surface area contributed by atoms with Gasteiger partial charge in [0.1, 0.15) is 6.07 Å². The lowest BCUT2D eigenvalue weighted by Gasteiger charge is -1.93. The molecule has 0 radical (unpaired) electrons. The number of hydrogen-bond acceptors (Lipinski definition) is 5. The molecule has 0 aliphatic carbocycles. The second-order valence-electron chi connectivity index (χ2n) is 3.48. The van der Waals surface area contributed by atoms with Gasteiger partial charge in [-0.1, -0.05) is 0 Å². The van der Waals surface area contributed by atoms with Crippen LogP contribution in [0.3, 0.4) is 0 Å². The number of nitriles is 1. The zero-order valence-electron chi connectivity index (χ0n) is 9.21. The molecule has 1 aromatic carbocycles. The van der Waals surface area contributed by atoms with Gasteiger partial charge in [0.05, 0.1) is 11.3 Å². The van der Waals surface area contributed by atoms with Gasteiger partial charge in [-0.2, -0.15) is 5.26 Å². The van der Waals surface area contributed by atoms with Crippen molar-refractivity contribution < 1.29 is 0 Å². The quantitative estimate of drug-likeness (QED) is 0.640. The van der Waals surface area contributed by atoms with Crippen LogP contribution in [-0.4, -0.2) is 0 Å². The molecule has 0 amide bonds. The van der Waals surface area contributed by atoms with E-state index in [1.54, 1.807) is 24.3 Å². The van der Waals surface area contributed by atoms with E-state index in [-0.39, 0.29) is 0 Å². The predicted molar refractivity (Wildman–Crippen MR) is 68.8 cm³/mol. The summed E-state index contributed by atoms with van der Waals surface area (Å²) in [6.45, 7) is 1.94. The summed E-state index contributed by atoms with van der Waals surface area (Å²) < 4.78 is 0. The van der Waals surface area contributed by atoms with Crippen molar-refractivity contribution in [1.82, 2.24) is 0 Å². The Labute approximate surface area is 103 Å². The smallest absolute Gasteiger partial charge is 0.156 e. The Balaban J connectivity index is 2.26. The number of thiophene rings is 1. The first-order valence-corrected chi connectivity index (χ1v) is 5.78. The molecule has 0 bridgehead atoms. The Morgan fingerprint density at radius 1 is 1.24 bits per heavy atom. The maximum Gasteiger partial charge on any atom is 0.156 e. The van der Waals surface area contributed by atoms with Crippen LogP contribution in [0.5, 0.6) is 0 Å². The number of aryl methyl sites for hydroxylation is 1. The molecule has 2 aromatic rings. The number of hydrogen-bond donors (Lipinski definition) is 1. The third kappa shape index (κ3) is 2.68. The molecule has 84 valence electrons. The highest BCUT2D eigenvalue weighted by Gasteiger charge is 2.04. The molecule has 0 aliphatic heterocycles. The number of anilines is 1. The monoisotopic (exact) mass is 242 g/mol. The molecule has 0 saturated carbocycles. The highest BCUT2D eigenvalue weighted by Crippen LogP contribution is 2.31. The van der Waals surface area contributed by atoms with E-state index in [2.05, 4.69) is 16.3 Å². The van der Waals surface area contributed by atoms with Crippen molar-refractivity contribution in [2.24, 2.45) is 10.2 Å². The van der Waals surface area contributed by atoms with E-state index >= 15 is 0 Å². The Hall–Kier alpha value is -2.19. The van der Waals surface area contributed by atoms with Crippen molar-refractivity contribution >= 4 is 27.7 Å². The van der Waals surface area contributed by atoms with E-state index in [1.165, 1.54) is 11.3 Å². The van der Waals surface area contributed by atoms with E-state index in [0.717, 1.165) is 4.88 Å². The first kappa shape index (κ1) is 11.3. The van der Waals surface area contributed by atoms with Crippen LogP contribution in [0.15, 0.2) is 40.6 Å². The molecule has 0 atom stereocenters. The van der Waals surface area contributed by atoms with Gasteiger partial charge in [0, 0.05) is 10.6 Å².